The minimum absolute atomic E-state index is 0.0358. The molecule has 2 saturated heterocycles. The molecule has 2 aromatic heterocycles. The number of hydrogen-bond acceptors (Lipinski definition) is 6. The van der Waals surface area contributed by atoms with Crippen LogP contribution >= 0.6 is 0 Å². The highest BCUT2D eigenvalue weighted by atomic mass is 19.4. The zero-order valence-corrected chi connectivity index (χ0v) is 17.3. The molecule has 1 amide bonds. The van der Waals surface area contributed by atoms with Crippen molar-refractivity contribution in [2.45, 2.75) is 56.7 Å². The van der Waals surface area contributed by atoms with Crippen molar-refractivity contribution in [1.82, 2.24) is 10.2 Å². The Labute approximate surface area is 182 Å². The fourth-order valence-corrected chi connectivity index (χ4v) is 3.81. The van der Waals surface area contributed by atoms with Gasteiger partial charge in [0, 0.05) is 13.1 Å². The van der Waals surface area contributed by atoms with Crippen molar-refractivity contribution in [3.63, 3.8) is 0 Å². The molecule has 8 nitrogen and oxygen atoms in total. The number of alkyl halides is 3. The van der Waals surface area contributed by atoms with Crippen molar-refractivity contribution in [1.29, 1.82) is 0 Å². The average Bonchev–Trinajstić information content (AvgIpc) is 3.51. The molecule has 2 fully saturated rings. The monoisotopic (exact) mass is 458 g/mol. The first-order valence-electron chi connectivity index (χ1n) is 10.2. The largest absolute Gasteiger partial charge is 0.490 e. The van der Waals surface area contributed by atoms with Crippen molar-refractivity contribution in [2.75, 3.05) is 13.1 Å². The van der Waals surface area contributed by atoms with E-state index in [2.05, 4.69) is 10.2 Å². The van der Waals surface area contributed by atoms with E-state index in [9.17, 15) is 18.0 Å². The first-order valence-corrected chi connectivity index (χ1v) is 10.2. The molecule has 4 rings (SSSR count). The van der Waals surface area contributed by atoms with Gasteiger partial charge in [-0.15, -0.1) is 0 Å². The third-order valence-electron chi connectivity index (χ3n) is 5.53. The van der Waals surface area contributed by atoms with Crippen LogP contribution in [-0.2, 0) is 27.4 Å². The molecule has 2 aromatic rings. The molecule has 11 heteroatoms. The second-order valence-corrected chi connectivity index (χ2v) is 7.78. The fraction of sp³-hybridized carbons (Fsp3) is 0.524. The Kier molecular flexibility index (Phi) is 7.62. The summed E-state index contributed by atoms with van der Waals surface area (Å²) in [6, 6.07) is 7.60. The number of amides is 1. The zero-order valence-electron chi connectivity index (χ0n) is 17.3. The summed E-state index contributed by atoms with van der Waals surface area (Å²) in [5.74, 6) is -1.04. The Hall–Kier alpha value is -2.79. The molecule has 0 bridgehead atoms. The Morgan fingerprint density at radius 2 is 1.69 bits per heavy atom. The van der Waals surface area contributed by atoms with Gasteiger partial charge in [0.25, 0.3) is 0 Å². The maximum absolute atomic E-state index is 12.3. The Morgan fingerprint density at radius 3 is 2.22 bits per heavy atom. The number of ether oxygens (including phenoxy) is 1. The standard InChI is InChI=1S/C19H24N2O4.C2HF3O2/c22-18(20-13-15-3-1-11-23-15)17-5-6-19(25-17)7-9-21(10-8-19)14-16-4-2-12-24-16;3-2(4,5)1(6)7/h1-4,11-12,17H,5-10,13-14H2,(H,20,22);(H,6,7). The van der Waals surface area contributed by atoms with Gasteiger partial charge in [-0.25, -0.2) is 4.79 Å². The van der Waals surface area contributed by atoms with Crippen LogP contribution in [0.4, 0.5) is 13.2 Å². The maximum Gasteiger partial charge on any atom is 0.490 e. The summed E-state index contributed by atoms with van der Waals surface area (Å²) in [5, 5.41) is 10.0. The molecule has 2 N–H and O–H groups in total. The highest BCUT2D eigenvalue weighted by Gasteiger charge is 2.44. The van der Waals surface area contributed by atoms with Gasteiger partial charge in [0.15, 0.2) is 0 Å². The molecule has 0 radical (unpaired) electrons. The molecule has 1 atom stereocenters. The maximum atomic E-state index is 12.3. The lowest BCUT2D eigenvalue weighted by Crippen LogP contribution is -2.45. The zero-order chi connectivity index (χ0) is 23.2. The van der Waals surface area contributed by atoms with Crippen LogP contribution in [0.3, 0.4) is 0 Å². The summed E-state index contributed by atoms with van der Waals surface area (Å²) in [6.07, 6.45) is 1.59. The highest BCUT2D eigenvalue weighted by Crippen LogP contribution is 2.39. The van der Waals surface area contributed by atoms with Crippen LogP contribution in [0.2, 0.25) is 0 Å². The van der Waals surface area contributed by atoms with E-state index >= 15 is 0 Å². The number of piperidine rings is 1. The smallest absolute Gasteiger partial charge is 0.475 e. The molecule has 0 saturated carbocycles. The molecule has 176 valence electrons. The van der Waals surface area contributed by atoms with Gasteiger partial charge in [0.1, 0.15) is 17.6 Å². The molecule has 1 unspecified atom stereocenters. The summed E-state index contributed by atoms with van der Waals surface area (Å²) in [4.78, 5) is 23.6. The Morgan fingerprint density at radius 1 is 1.09 bits per heavy atom. The average molecular weight is 458 g/mol. The van der Waals surface area contributed by atoms with E-state index in [1.807, 2.05) is 24.3 Å². The SMILES string of the molecule is O=C(NCc1ccco1)C1CCC2(CCN(Cc3ccco3)CC2)O1.O=C(O)C(F)(F)F. The van der Waals surface area contributed by atoms with Gasteiger partial charge in [-0.1, -0.05) is 0 Å². The minimum atomic E-state index is -5.08. The Balaban J connectivity index is 0.000000360. The van der Waals surface area contributed by atoms with Crippen LogP contribution < -0.4 is 5.32 Å². The van der Waals surface area contributed by atoms with E-state index < -0.39 is 12.1 Å². The molecular formula is C21H25F3N2O6. The van der Waals surface area contributed by atoms with Crippen LogP contribution in [-0.4, -0.2) is 52.9 Å². The number of carbonyl (C=O) groups is 2. The van der Waals surface area contributed by atoms with Gasteiger partial charge in [0.05, 0.1) is 31.2 Å². The summed E-state index contributed by atoms with van der Waals surface area (Å²) >= 11 is 0. The van der Waals surface area contributed by atoms with Crippen molar-refractivity contribution in [3.8, 4) is 0 Å². The number of hydrogen-bond donors (Lipinski definition) is 2. The molecule has 1 spiro atoms. The van der Waals surface area contributed by atoms with E-state index in [1.165, 1.54) is 0 Å². The lowest BCUT2D eigenvalue weighted by atomic mass is 9.88. The first-order chi connectivity index (χ1) is 15.2. The predicted octanol–water partition coefficient (Wildman–Crippen LogP) is 3.34. The van der Waals surface area contributed by atoms with Gasteiger partial charge in [-0.2, -0.15) is 13.2 Å². The van der Waals surface area contributed by atoms with Gasteiger partial charge in [0.2, 0.25) is 5.91 Å². The van der Waals surface area contributed by atoms with Crippen molar-refractivity contribution < 1.29 is 41.4 Å². The normalized spacial score (nSPS) is 20.5. The number of carbonyl (C=O) groups excluding carboxylic acids is 1. The van der Waals surface area contributed by atoms with E-state index in [1.54, 1.807) is 12.5 Å². The van der Waals surface area contributed by atoms with Crippen molar-refractivity contribution >= 4 is 11.9 Å². The van der Waals surface area contributed by atoms with Gasteiger partial charge >= 0.3 is 12.1 Å². The van der Waals surface area contributed by atoms with Crippen LogP contribution in [0.5, 0.6) is 0 Å². The molecule has 2 aliphatic heterocycles. The molecule has 4 heterocycles. The molecule has 32 heavy (non-hydrogen) atoms. The molecule has 2 aliphatic rings. The molecular weight excluding hydrogens is 433 g/mol. The fourth-order valence-electron chi connectivity index (χ4n) is 3.81. The van der Waals surface area contributed by atoms with Crippen LogP contribution in [0, 0.1) is 0 Å². The lowest BCUT2D eigenvalue weighted by Gasteiger charge is -2.38. The second-order valence-electron chi connectivity index (χ2n) is 7.78. The topological polar surface area (TPSA) is 105 Å². The number of rotatable bonds is 5. The van der Waals surface area contributed by atoms with Crippen LogP contribution in [0.25, 0.3) is 0 Å². The Bertz CT molecular complexity index is 859. The number of carboxylic acid groups (broad SMARTS) is 1. The summed E-state index contributed by atoms with van der Waals surface area (Å²) < 4.78 is 48.6. The minimum Gasteiger partial charge on any atom is -0.475 e. The van der Waals surface area contributed by atoms with Gasteiger partial charge < -0.3 is 24.0 Å². The van der Waals surface area contributed by atoms with Crippen LogP contribution in [0.15, 0.2) is 45.6 Å². The van der Waals surface area contributed by atoms with Gasteiger partial charge in [-0.3, -0.25) is 9.69 Å². The summed E-state index contributed by atoms with van der Waals surface area (Å²) in [7, 11) is 0. The quantitative estimate of drug-likeness (QED) is 0.708. The number of nitrogens with zero attached hydrogens (tertiary/aromatic N) is 1. The van der Waals surface area contributed by atoms with E-state index in [-0.39, 0.29) is 17.6 Å². The number of carboxylic acids is 1. The van der Waals surface area contributed by atoms with E-state index in [0.29, 0.717) is 6.54 Å². The number of halogens is 3. The van der Waals surface area contributed by atoms with Crippen LogP contribution in [0.1, 0.15) is 37.2 Å². The van der Waals surface area contributed by atoms with Gasteiger partial charge in [-0.05, 0) is 49.9 Å². The second kappa shape index (κ2) is 10.2. The van der Waals surface area contributed by atoms with E-state index in [0.717, 1.165) is 56.8 Å². The van der Waals surface area contributed by atoms with Crippen molar-refractivity contribution in [3.05, 3.63) is 48.3 Å². The number of nitrogens with one attached hydrogen (secondary N) is 1. The number of likely N-dealkylation sites (tertiary alicyclic amines) is 1. The summed E-state index contributed by atoms with van der Waals surface area (Å²) in [6.45, 7) is 3.20. The third-order valence-corrected chi connectivity index (χ3v) is 5.53. The summed E-state index contributed by atoms with van der Waals surface area (Å²) in [5.41, 5.74) is -0.133. The third kappa shape index (κ3) is 6.60. The lowest BCUT2D eigenvalue weighted by molar-refractivity contribution is -0.192. The van der Waals surface area contributed by atoms with E-state index in [4.69, 9.17) is 23.5 Å². The first kappa shape index (κ1) is 23.9. The number of aliphatic carboxylic acids is 1. The molecule has 0 aliphatic carbocycles. The number of furan rings is 2. The molecule has 0 aromatic carbocycles. The van der Waals surface area contributed by atoms with Crippen molar-refractivity contribution in [2.24, 2.45) is 0 Å². The highest BCUT2D eigenvalue weighted by molar-refractivity contribution is 5.81. The predicted molar refractivity (Wildman–Crippen MR) is 104 cm³/mol.